The van der Waals surface area contributed by atoms with E-state index in [1.807, 2.05) is 42.6 Å². The minimum absolute atomic E-state index is 0.0826. The Kier molecular flexibility index (Phi) is 7.03. The van der Waals surface area contributed by atoms with E-state index in [9.17, 15) is 9.90 Å². The first-order valence-corrected chi connectivity index (χ1v) is 8.65. The molecule has 1 unspecified atom stereocenters. The number of aryl methyl sites for hydroxylation is 2. The summed E-state index contributed by atoms with van der Waals surface area (Å²) >= 11 is 1.65. The van der Waals surface area contributed by atoms with Gasteiger partial charge in [-0.25, -0.2) is 9.78 Å². The van der Waals surface area contributed by atoms with Crippen molar-refractivity contribution in [1.29, 1.82) is 0 Å². The molecule has 0 spiro atoms. The molecule has 2 rings (SSSR count). The Balaban J connectivity index is 1.66. The number of benzene rings is 1. The zero-order valence-electron chi connectivity index (χ0n) is 13.3. The molecule has 2 aromatic rings. The van der Waals surface area contributed by atoms with Crippen molar-refractivity contribution in [2.24, 2.45) is 0 Å². The molecular formula is C17H23N3O2S. The van der Waals surface area contributed by atoms with Crippen molar-refractivity contribution >= 4 is 17.4 Å². The molecule has 6 heteroatoms. The third-order valence-electron chi connectivity index (χ3n) is 3.40. The molecule has 0 saturated heterocycles. The fraction of sp³-hybridized carbons (Fsp3) is 0.412. The molecule has 1 aromatic carbocycles. The van der Waals surface area contributed by atoms with Crippen LogP contribution in [0.25, 0.3) is 0 Å². The van der Waals surface area contributed by atoms with Gasteiger partial charge in [0.05, 0.1) is 17.7 Å². The van der Waals surface area contributed by atoms with Gasteiger partial charge in [0, 0.05) is 24.0 Å². The smallest absolute Gasteiger partial charge is 0.315 e. The van der Waals surface area contributed by atoms with Crippen molar-refractivity contribution in [3.05, 3.63) is 52.0 Å². The van der Waals surface area contributed by atoms with Crippen LogP contribution in [0, 0.1) is 6.92 Å². The van der Waals surface area contributed by atoms with Gasteiger partial charge in [-0.05, 0) is 25.3 Å². The van der Waals surface area contributed by atoms with Gasteiger partial charge in [0.25, 0.3) is 0 Å². The van der Waals surface area contributed by atoms with Gasteiger partial charge in [-0.15, -0.1) is 11.3 Å². The number of carbonyl (C=O) groups excluding carboxylic acids is 1. The zero-order chi connectivity index (χ0) is 16.5. The molecule has 124 valence electrons. The minimum Gasteiger partial charge on any atom is -0.394 e. The third-order valence-corrected chi connectivity index (χ3v) is 4.43. The Bertz CT molecular complexity index is 601. The Hall–Kier alpha value is -1.92. The molecule has 1 aromatic heterocycles. The van der Waals surface area contributed by atoms with Crippen molar-refractivity contribution in [2.45, 2.75) is 32.2 Å². The Morgan fingerprint density at radius 1 is 1.35 bits per heavy atom. The largest absolute Gasteiger partial charge is 0.394 e. The molecule has 2 amide bonds. The number of amides is 2. The number of thiazole rings is 1. The second-order valence-electron chi connectivity index (χ2n) is 5.46. The van der Waals surface area contributed by atoms with Crippen LogP contribution < -0.4 is 10.6 Å². The summed E-state index contributed by atoms with van der Waals surface area (Å²) in [7, 11) is 0. The van der Waals surface area contributed by atoms with E-state index in [-0.39, 0.29) is 18.7 Å². The van der Waals surface area contributed by atoms with Crippen LogP contribution in [0.2, 0.25) is 0 Å². The van der Waals surface area contributed by atoms with Crippen molar-refractivity contribution in [2.75, 3.05) is 13.2 Å². The summed E-state index contributed by atoms with van der Waals surface area (Å²) in [4.78, 5) is 16.3. The van der Waals surface area contributed by atoms with Crippen molar-refractivity contribution in [3.8, 4) is 0 Å². The monoisotopic (exact) mass is 333 g/mol. The minimum atomic E-state index is -0.279. The van der Waals surface area contributed by atoms with Crippen LogP contribution in [0.3, 0.4) is 0 Å². The number of nitrogens with one attached hydrogen (secondary N) is 2. The van der Waals surface area contributed by atoms with E-state index >= 15 is 0 Å². The van der Waals surface area contributed by atoms with Crippen molar-refractivity contribution in [1.82, 2.24) is 15.6 Å². The number of rotatable bonds is 8. The standard InChI is InChI=1S/C17H23N3O2S/c1-13-12-23-16(19-13)8-5-9-18-17(22)20-15(11-21)10-14-6-3-2-4-7-14/h2-4,6-7,12,15,21H,5,8-11H2,1H3,(H2,18,20,22). The first-order chi connectivity index (χ1) is 11.2. The summed E-state index contributed by atoms with van der Waals surface area (Å²) in [6.45, 7) is 2.49. The van der Waals surface area contributed by atoms with Crippen LogP contribution in [0.4, 0.5) is 4.79 Å². The van der Waals surface area contributed by atoms with E-state index in [0.717, 1.165) is 29.1 Å². The van der Waals surface area contributed by atoms with E-state index in [0.29, 0.717) is 13.0 Å². The molecule has 0 aliphatic heterocycles. The second-order valence-corrected chi connectivity index (χ2v) is 6.40. The molecule has 0 saturated carbocycles. The third kappa shape index (κ3) is 6.38. The van der Waals surface area contributed by atoms with E-state index in [4.69, 9.17) is 0 Å². The molecule has 5 nitrogen and oxygen atoms in total. The van der Waals surface area contributed by atoms with E-state index in [2.05, 4.69) is 15.6 Å². The van der Waals surface area contributed by atoms with Gasteiger partial charge in [-0.2, -0.15) is 0 Å². The zero-order valence-corrected chi connectivity index (χ0v) is 14.1. The lowest BCUT2D eigenvalue weighted by molar-refractivity contribution is 0.216. The molecule has 0 radical (unpaired) electrons. The Morgan fingerprint density at radius 3 is 2.78 bits per heavy atom. The van der Waals surface area contributed by atoms with Crippen LogP contribution >= 0.6 is 11.3 Å². The number of urea groups is 1. The molecular weight excluding hydrogens is 310 g/mol. The van der Waals surface area contributed by atoms with Gasteiger partial charge in [0.15, 0.2) is 0 Å². The van der Waals surface area contributed by atoms with E-state index in [1.165, 1.54) is 0 Å². The average molecular weight is 333 g/mol. The average Bonchev–Trinajstić information content (AvgIpc) is 2.97. The summed E-state index contributed by atoms with van der Waals surface area (Å²) in [5, 5.41) is 18.2. The maximum absolute atomic E-state index is 11.9. The van der Waals surface area contributed by atoms with Crippen molar-refractivity contribution < 1.29 is 9.90 Å². The first-order valence-electron chi connectivity index (χ1n) is 7.77. The molecule has 0 fully saturated rings. The molecule has 0 bridgehead atoms. The van der Waals surface area contributed by atoms with E-state index < -0.39 is 0 Å². The fourth-order valence-corrected chi connectivity index (χ4v) is 3.07. The quantitative estimate of drug-likeness (QED) is 0.649. The predicted octanol–water partition coefficient (Wildman–Crippen LogP) is 2.29. The summed E-state index contributed by atoms with van der Waals surface area (Å²) in [5.74, 6) is 0. The molecule has 1 heterocycles. The van der Waals surface area contributed by atoms with Gasteiger partial charge in [0.2, 0.25) is 0 Å². The van der Waals surface area contributed by atoms with Crippen LogP contribution in [0.1, 0.15) is 22.7 Å². The normalized spacial score (nSPS) is 11.9. The van der Waals surface area contributed by atoms with Gasteiger partial charge in [0.1, 0.15) is 0 Å². The van der Waals surface area contributed by atoms with Gasteiger partial charge in [-0.1, -0.05) is 30.3 Å². The fourth-order valence-electron chi connectivity index (χ4n) is 2.26. The highest BCUT2D eigenvalue weighted by atomic mass is 32.1. The lowest BCUT2D eigenvalue weighted by Crippen LogP contribution is -2.45. The number of aromatic nitrogens is 1. The number of nitrogens with zero attached hydrogens (tertiary/aromatic N) is 1. The number of aliphatic hydroxyl groups is 1. The highest BCUT2D eigenvalue weighted by Crippen LogP contribution is 2.10. The number of hydrogen-bond donors (Lipinski definition) is 3. The summed E-state index contributed by atoms with van der Waals surface area (Å²) < 4.78 is 0. The summed E-state index contributed by atoms with van der Waals surface area (Å²) in [5.41, 5.74) is 2.13. The maximum Gasteiger partial charge on any atom is 0.315 e. The lowest BCUT2D eigenvalue weighted by atomic mass is 10.1. The first kappa shape index (κ1) is 17.4. The topological polar surface area (TPSA) is 74.2 Å². The molecule has 23 heavy (non-hydrogen) atoms. The summed E-state index contributed by atoms with van der Waals surface area (Å²) in [6.07, 6.45) is 2.33. The summed E-state index contributed by atoms with van der Waals surface area (Å²) in [6, 6.07) is 9.29. The van der Waals surface area contributed by atoms with Crippen LogP contribution in [0.5, 0.6) is 0 Å². The second kappa shape index (κ2) is 9.27. The number of hydrogen-bond acceptors (Lipinski definition) is 4. The van der Waals surface area contributed by atoms with Crippen LogP contribution in [-0.2, 0) is 12.8 Å². The van der Waals surface area contributed by atoms with Gasteiger partial charge >= 0.3 is 6.03 Å². The van der Waals surface area contributed by atoms with E-state index in [1.54, 1.807) is 11.3 Å². The molecule has 3 N–H and O–H groups in total. The van der Waals surface area contributed by atoms with Crippen LogP contribution in [-0.4, -0.2) is 35.3 Å². The molecule has 1 atom stereocenters. The highest BCUT2D eigenvalue weighted by Gasteiger charge is 2.11. The molecule has 0 aliphatic carbocycles. The Labute approximate surface area is 140 Å². The maximum atomic E-state index is 11.9. The SMILES string of the molecule is Cc1csc(CCCNC(=O)NC(CO)Cc2ccccc2)n1. The predicted molar refractivity (Wildman–Crippen MR) is 92.7 cm³/mol. The van der Waals surface area contributed by atoms with Crippen molar-refractivity contribution in [3.63, 3.8) is 0 Å². The lowest BCUT2D eigenvalue weighted by Gasteiger charge is -2.17. The molecule has 0 aliphatic rings. The van der Waals surface area contributed by atoms with Crippen LogP contribution in [0.15, 0.2) is 35.7 Å². The van der Waals surface area contributed by atoms with Gasteiger partial charge < -0.3 is 15.7 Å². The highest BCUT2D eigenvalue weighted by molar-refractivity contribution is 7.09. The van der Waals surface area contributed by atoms with Gasteiger partial charge in [-0.3, -0.25) is 0 Å². The number of aliphatic hydroxyl groups excluding tert-OH is 1. The Morgan fingerprint density at radius 2 is 2.13 bits per heavy atom. The number of carbonyl (C=O) groups is 1.